The first-order chi connectivity index (χ1) is 12.2. The molecule has 1 aliphatic rings. The molecule has 3 rings (SSSR count). The minimum atomic E-state index is -0.0253. The molecule has 0 aliphatic carbocycles. The molecule has 25 heavy (non-hydrogen) atoms. The molecule has 1 saturated heterocycles. The summed E-state index contributed by atoms with van der Waals surface area (Å²) in [7, 11) is 0. The molecule has 1 aromatic carbocycles. The van der Waals surface area contributed by atoms with Gasteiger partial charge in [-0.15, -0.1) is 0 Å². The topological polar surface area (TPSA) is 45.2 Å². The quantitative estimate of drug-likeness (QED) is 0.787. The van der Waals surface area contributed by atoms with E-state index in [1.807, 2.05) is 36.4 Å². The molecule has 0 atom stereocenters. The van der Waals surface area contributed by atoms with Crippen LogP contribution in [0.5, 0.6) is 0 Å². The smallest absolute Gasteiger partial charge is 0.254 e. The van der Waals surface area contributed by atoms with Crippen LogP contribution in [-0.2, 0) is 0 Å². The summed E-state index contributed by atoms with van der Waals surface area (Å²) in [6.45, 7) is 5.36. The number of rotatable bonds is 5. The van der Waals surface area contributed by atoms with E-state index in [-0.39, 0.29) is 11.9 Å². The minimum Gasteiger partial charge on any atom is -0.349 e. The van der Waals surface area contributed by atoms with Gasteiger partial charge in [0.25, 0.3) is 5.91 Å². The maximum Gasteiger partial charge on any atom is 0.254 e. The molecule has 132 valence electrons. The van der Waals surface area contributed by atoms with Gasteiger partial charge in [-0.25, -0.2) is 4.98 Å². The van der Waals surface area contributed by atoms with Gasteiger partial charge < -0.3 is 10.2 Å². The Kier molecular flexibility index (Phi) is 6.51. The zero-order chi connectivity index (χ0) is 17.6. The lowest BCUT2D eigenvalue weighted by atomic mass is 10.0. The zero-order valence-corrected chi connectivity index (χ0v) is 16.6. The Hall–Kier alpha value is -1.37. The van der Waals surface area contributed by atoms with Gasteiger partial charge in [-0.05, 0) is 55.8 Å². The van der Waals surface area contributed by atoms with Gasteiger partial charge in [-0.1, -0.05) is 34.6 Å². The summed E-state index contributed by atoms with van der Waals surface area (Å²) in [5, 5.41) is 3.93. The van der Waals surface area contributed by atoms with E-state index >= 15 is 0 Å². The van der Waals surface area contributed by atoms with Crippen molar-refractivity contribution in [2.75, 3.05) is 19.6 Å². The van der Waals surface area contributed by atoms with E-state index in [4.69, 9.17) is 0 Å². The van der Waals surface area contributed by atoms with Crippen molar-refractivity contribution in [3.8, 4) is 0 Å². The Morgan fingerprint density at radius 1 is 1.28 bits per heavy atom. The maximum absolute atomic E-state index is 12.7. The molecule has 2 heterocycles. The number of nitrogens with zero attached hydrogens (tertiary/aromatic N) is 2. The highest BCUT2D eigenvalue weighted by Gasteiger charge is 2.21. The predicted molar refractivity (Wildman–Crippen MR) is 105 cm³/mol. The SMILES string of the molecule is CCN1CCC(NC(=O)c2cccnc2Sc2ccc(Br)cc2)CC1. The number of likely N-dealkylation sites (tertiary alicyclic amines) is 1. The van der Waals surface area contributed by atoms with E-state index in [2.05, 4.69) is 38.1 Å². The van der Waals surface area contributed by atoms with Crippen molar-refractivity contribution in [2.45, 2.75) is 35.7 Å². The van der Waals surface area contributed by atoms with Crippen LogP contribution in [0, 0.1) is 0 Å². The number of carbonyl (C=O) groups is 1. The van der Waals surface area contributed by atoms with Crippen LogP contribution in [-0.4, -0.2) is 41.5 Å². The Morgan fingerprint density at radius 2 is 2.00 bits per heavy atom. The highest BCUT2D eigenvalue weighted by Crippen LogP contribution is 2.29. The normalized spacial score (nSPS) is 15.9. The largest absolute Gasteiger partial charge is 0.349 e. The summed E-state index contributed by atoms with van der Waals surface area (Å²) in [5.41, 5.74) is 0.647. The van der Waals surface area contributed by atoms with Crippen LogP contribution < -0.4 is 5.32 Å². The van der Waals surface area contributed by atoms with Crippen molar-refractivity contribution in [3.05, 3.63) is 52.6 Å². The Balaban J connectivity index is 1.67. The van der Waals surface area contributed by atoms with Gasteiger partial charge in [-0.3, -0.25) is 4.79 Å². The molecule has 1 fully saturated rings. The number of piperidine rings is 1. The van der Waals surface area contributed by atoms with Crippen LogP contribution in [0.25, 0.3) is 0 Å². The molecule has 1 N–H and O–H groups in total. The minimum absolute atomic E-state index is 0.0253. The fourth-order valence-corrected chi connectivity index (χ4v) is 4.06. The van der Waals surface area contributed by atoms with Gasteiger partial charge in [0.1, 0.15) is 5.03 Å². The van der Waals surface area contributed by atoms with Gasteiger partial charge in [0, 0.05) is 34.7 Å². The predicted octanol–water partition coefficient (Wildman–Crippen LogP) is 4.21. The molecule has 1 aromatic heterocycles. The van der Waals surface area contributed by atoms with E-state index in [1.54, 1.807) is 6.20 Å². The van der Waals surface area contributed by atoms with E-state index in [0.717, 1.165) is 46.9 Å². The average Bonchev–Trinajstić information content (AvgIpc) is 2.64. The fourth-order valence-electron chi connectivity index (χ4n) is 2.92. The molecule has 6 heteroatoms. The van der Waals surface area contributed by atoms with Crippen molar-refractivity contribution in [3.63, 3.8) is 0 Å². The van der Waals surface area contributed by atoms with Crippen molar-refractivity contribution in [1.82, 2.24) is 15.2 Å². The highest BCUT2D eigenvalue weighted by molar-refractivity contribution is 9.10. The average molecular weight is 420 g/mol. The second-order valence-electron chi connectivity index (χ2n) is 6.09. The molecule has 1 amide bonds. The van der Waals surface area contributed by atoms with E-state index in [0.29, 0.717) is 5.56 Å². The molecule has 0 unspecified atom stereocenters. The van der Waals surface area contributed by atoms with E-state index in [1.165, 1.54) is 11.8 Å². The second kappa shape index (κ2) is 8.83. The van der Waals surface area contributed by atoms with Gasteiger partial charge >= 0.3 is 0 Å². The summed E-state index contributed by atoms with van der Waals surface area (Å²) < 4.78 is 1.04. The number of hydrogen-bond acceptors (Lipinski definition) is 4. The first kappa shape index (κ1) is 18.4. The van der Waals surface area contributed by atoms with Crippen molar-refractivity contribution in [2.24, 2.45) is 0 Å². The van der Waals surface area contributed by atoms with Crippen molar-refractivity contribution < 1.29 is 4.79 Å². The first-order valence-electron chi connectivity index (χ1n) is 8.57. The van der Waals surface area contributed by atoms with Crippen LogP contribution >= 0.6 is 27.7 Å². The lowest BCUT2D eigenvalue weighted by Crippen LogP contribution is -2.44. The summed E-state index contributed by atoms with van der Waals surface area (Å²) >= 11 is 4.96. The van der Waals surface area contributed by atoms with Gasteiger partial charge in [0.2, 0.25) is 0 Å². The molecule has 0 saturated carbocycles. The zero-order valence-electron chi connectivity index (χ0n) is 14.2. The van der Waals surface area contributed by atoms with Crippen molar-refractivity contribution in [1.29, 1.82) is 0 Å². The van der Waals surface area contributed by atoms with Crippen LogP contribution in [0.3, 0.4) is 0 Å². The summed E-state index contributed by atoms with van der Waals surface area (Å²) in [6.07, 6.45) is 3.75. The molecule has 2 aromatic rings. The molecule has 1 aliphatic heterocycles. The molecule has 0 radical (unpaired) electrons. The number of benzene rings is 1. The number of halogens is 1. The van der Waals surface area contributed by atoms with E-state index < -0.39 is 0 Å². The summed E-state index contributed by atoms with van der Waals surface area (Å²) in [4.78, 5) is 20.6. The Morgan fingerprint density at radius 3 is 2.68 bits per heavy atom. The third-order valence-corrected chi connectivity index (χ3v) is 5.97. The third-order valence-electron chi connectivity index (χ3n) is 4.41. The molecular weight excluding hydrogens is 398 g/mol. The summed E-state index contributed by atoms with van der Waals surface area (Å²) in [5.74, 6) is -0.0253. The number of hydrogen-bond donors (Lipinski definition) is 1. The first-order valence-corrected chi connectivity index (χ1v) is 10.2. The summed E-state index contributed by atoms with van der Waals surface area (Å²) in [6, 6.07) is 11.9. The Labute approximate surface area is 161 Å². The van der Waals surface area contributed by atoms with Crippen molar-refractivity contribution >= 4 is 33.6 Å². The van der Waals surface area contributed by atoms with Gasteiger partial charge in [0.15, 0.2) is 0 Å². The van der Waals surface area contributed by atoms with Gasteiger partial charge in [-0.2, -0.15) is 0 Å². The third kappa shape index (κ3) is 5.06. The van der Waals surface area contributed by atoms with Gasteiger partial charge in [0.05, 0.1) is 5.56 Å². The highest BCUT2D eigenvalue weighted by atomic mass is 79.9. The van der Waals surface area contributed by atoms with Crippen LogP contribution in [0.4, 0.5) is 0 Å². The molecule has 0 spiro atoms. The second-order valence-corrected chi connectivity index (χ2v) is 8.07. The van der Waals surface area contributed by atoms with E-state index in [9.17, 15) is 4.79 Å². The number of carbonyl (C=O) groups excluding carboxylic acids is 1. The fraction of sp³-hybridized carbons (Fsp3) is 0.368. The lowest BCUT2D eigenvalue weighted by molar-refractivity contribution is 0.0909. The molecule has 0 bridgehead atoms. The number of nitrogens with one attached hydrogen (secondary N) is 1. The number of amides is 1. The number of pyridine rings is 1. The Bertz CT molecular complexity index is 715. The lowest BCUT2D eigenvalue weighted by Gasteiger charge is -2.31. The molecule has 4 nitrogen and oxygen atoms in total. The monoisotopic (exact) mass is 419 g/mol. The molecular formula is C19H22BrN3OS. The maximum atomic E-state index is 12.7. The standard InChI is InChI=1S/C19H22BrN3OS/c1-2-23-12-9-15(10-13-23)22-18(24)17-4-3-11-21-19(17)25-16-7-5-14(20)6-8-16/h3-8,11,15H,2,9-10,12-13H2,1H3,(H,22,24). The van der Waals surface area contributed by atoms with Crippen LogP contribution in [0.1, 0.15) is 30.1 Å². The van der Waals surface area contributed by atoms with Crippen LogP contribution in [0.2, 0.25) is 0 Å². The van der Waals surface area contributed by atoms with Crippen LogP contribution in [0.15, 0.2) is 57.0 Å². The number of aromatic nitrogens is 1.